The van der Waals surface area contributed by atoms with Crippen molar-refractivity contribution in [2.45, 2.75) is 64.9 Å². The summed E-state index contributed by atoms with van der Waals surface area (Å²) in [6.45, 7) is 4.36. The third-order valence-electron chi connectivity index (χ3n) is 3.30. The molecule has 1 rings (SSSR count). The molecule has 0 saturated carbocycles. The van der Waals surface area contributed by atoms with Crippen molar-refractivity contribution in [3.63, 3.8) is 0 Å². The molecule has 0 heterocycles. The Kier molecular flexibility index (Phi) is 7.78. The number of aliphatic carboxylic acids is 1. The third-order valence-corrected chi connectivity index (χ3v) is 3.30. The van der Waals surface area contributed by atoms with E-state index in [4.69, 9.17) is 9.84 Å². The molecule has 0 aromatic heterocycles. The summed E-state index contributed by atoms with van der Waals surface area (Å²) in [5, 5.41) is 8.62. The predicted molar refractivity (Wildman–Crippen MR) is 81.2 cm³/mol. The normalized spacial score (nSPS) is 10.8. The van der Waals surface area contributed by atoms with Gasteiger partial charge < -0.3 is 9.84 Å². The van der Waals surface area contributed by atoms with Gasteiger partial charge in [-0.1, -0.05) is 38.8 Å². The van der Waals surface area contributed by atoms with Crippen LogP contribution in [0.4, 0.5) is 0 Å². The van der Waals surface area contributed by atoms with Crippen LogP contribution < -0.4 is 4.74 Å². The van der Waals surface area contributed by atoms with Crippen LogP contribution in [0, 0.1) is 0 Å². The van der Waals surface area contributed by atoms with Gasteiger partial charge in [-0.2, -0.15) is 0 Å². The van der Waals surface area contributed by atoms with Crippen molar-refractivity contribution in [3.05, 3.63) is 29.8 Å². The average Bonchev–Trinajstić information content (AvgIpc) is 2.41. The molecule has 1 aromatic rings. The Hall–Kier alpha value is -1.51. The van der Waals surface area contributed by atoms with Crippen LogP contribution >= 0.6 is 0 Å². The molecule has 0 aliphatic heterocycles. The van der Waals surface area contributed by atoms with E-state index in [9.17, 15) is 4.79 Å². The van der Waals surface area contributed by atoms with E-state index in [1.165, 1.54) is 5.56 Å². The first kappa shape index (κ1) is 16.5. The van der Waals surface area contributed by atoms with E-state index in [0.717, 1.165) is 37.9 Å². The van der Waals surface area contributed by atoms with Gasteiger partial charge in [0.15, 0.2) is 0 Å². The number of carbonyl (C=O) groups is 1. The van der Waals surface area contributed by atoms with E-state index in [-0.39, 0.29) is 6.42 Å². The summed E-state index contributed by atoms with van der Waals surface area (Å²) in [6, 6.07) is 8.06. The molecule has 112 valence electrons. The van der Waals surface area contributed by atoms with E-state index in [0.29, 0.717) is 12.5 Å². The third kappa shape index (κ3) is 6.60. The molecule has 0 aliphatic rings. The number of ether oxygens (including phenoxy) is 1. The van der Waals surface area contributed by atoms with Crippen molar-refractivity contribution in [2.24, 2.45) is 0 Å². The first-order valence-electron chi connectivity index (χ1n) is 7.63. The number of hydrogen-bond acceptors (Lipinski definition) is 2. The Morgan fingerprint density at radius 2 is 1.75 bits per heavy atom. The molecule has 0 unspecified atom stereocenters. The molecule has 1 N–H and O–H groups in total. The maximum absolute atomic E-state index is 10.5. The van der Waals surface area contributed by atoms with Gasteiger partial charge in [0.25, 0.3) is 0 Å². The van der Waals surface area contributed by atoms with Gasteiger partial charge in [0.05, 0.1) is 6.10 Å². The maximum atomic E-state index is 10.5. The lowest BCUT2D eigenvalue weighted by atomic mass is 10.1. The molecule has 0 radical (unpaired) electrons. The van der Waals surface area contributed by atoms with Crippen LogP contribution in [0.25, 0.3) is 0 Å². The standard InChI is InChI=1S/C17H26O3/c1-3-6-15(7-4-2)20-16-12-10-14(11-13-16)8-5-9-17(18)19/h10-13,15H,3-9H2,1-2H3,(H,18,19). The molecule has 0 bridgehead atoms. The highest BCUT2D eigenvalue weighted by molar-refractivity contribution is 5.66. The summed E-state index contributed by atoms with van der Waals surface area (Å²) in [5.41, 5.74) is 1.17. The zero-order valence-corrected chi connectivity index (χ0v) is 12.6. The number of rotatable bonds is 10. The van der Waals surface area contributed by atoms with Crippen LogP contribution in [-0.2, 0) is 11.2 Å². The molecule has 3 nitrogen and oxygen atoms in total. The van der Waals surface area contributed by atoms with Crippen LogP contribution in [0.5, 0.6) is 5.75 Å². The minimum Gasteiger partial charge on any atom is -0.490 e. The minimum atomic E-state index is -0.730. The van der Waals surface area contributed by atoms with Crippen molar-refractivity contribution in [1.82, 2.24) is 0 Å². The largest absolute Gasteiger partial charge is 0.490 e. The monoisotopic (exact) mass is 278 g/mol. The highest BCUT2D eigenvalue weighted by Crippen LogP contribution is 2.19. The number of aryl methyl sites for hydroxylation is 1. The zero-order chi connectivity index (χ0) is 14.8. The zero-order valence-electron chi connectivity index (χ0n) is 12.6. The van der Waals surface area contributed by atoms with Crippen LogP contribution in [0.3, 0.4) is 0 Å². The van der Waals surface area contributed by atoms with Crippen LogP contribution in [0.1, 0.15) is 57.9 Å². The van der Waals surface area contributed by atoms with Crippen molar-refractivity contribution in [2.75, 3.05) is 0 Å². The molecule has 3 heteroatoms. The first-order chi connectivity index (χ1) is 9.65. The summed E-state index contributed by atoms with van der Waals surface area (Å²) in [6.07, 6.45) is 6.48. The molecular formula is C17H26O3. The second-order valence-electron chi connectivity index (χ2n) is 5.21. The van der Waals surface area contributed by atoms with Gasteiger partial charge >= 0.3 is 5.97 Å². The Bertz CT molecular complexity index is 378. The maximum Gasteiger partial charge on any atom is 0.303 e. The van der Waals surface area contributed by atoms with E-state index in [1.54, 1.807) is 0 Å². The van der Waals surface area contributed by atoms with Gasteiger partial charge in [-0.15, -0.1) is 0 Å². The molecule has 0 fully saturated rings. The molecule has 0 spiro atoms. The number of carboxylic acids is 1. The van der Waals surface area contributed by atoms with E-state index >= 15 is 0 Å². The highest BCUT2D eigenvalue weighted by Gasteiger charge is 2.08. The van der Waals surface area contributed by atoms with E-state index < -0.39 is 5.97 Å². The lowest BCUT2D eigenvalue weighted by molar-refractivity contribution is -0.137. The van der Waals surface area contributed by atoms with Gasteiger partial charge in [-0.05, 0) is 43.4 Å². The van der Waals surface area contributed by atoms with Gasteiger partial charge in [0, 0.05) is 6.42 Å². The fourth-order valence-electron chi connectivity index (χ4n) is 2.28. The Morgan fingerprint density at radius 3 is 2.25 bits per heavy atom. The lowest BCUT2D eigenvalue weighted by Gasteiger charge is -2.18. The predicted octanol–water partition coefficient (Wildman–Crippen LogP) is 4.44. The van der Waals surface area contributed by atoms with Crippen molar-refractivity contribution >= 4 is 5.97 Å². The molecule has 0 saturated heterocycles. The van der Waals surface area contributed by atoms with Crippen LogP contribution in [0.15, 0.2) is 24.3 Å². The van der Waals surface area contributed by atoms with Crippen molar-refractivity contribution in [1.29, 1.82) is 0 Å². The molecule has 20 heavy (non-hydrogen) atoms. The average molecular weight is 278 g/mol. The van der Waals surface area contributed by atoms with Gasteiger partial charge in [0.1, 0.15) is 5.75 Å². The minimum absolute atomic E-state index is 0.229. The number of carboxylic acid groups (broad SMARTS) is 1. The molecular weight excluding hydrogens is 252 g/mol. The summed E-state index contributed by atoms with van der Waals surface area (Å²) in [7, 11) is 0. The first-order valence-corrected chi connectivity index (χ1v) is 7.63. The van der Waals surface area contributed by atoms with Gasteiger partial charge in [0.2, 0.25) is 0 Å². The van der Waals surface area contributed by atoms with Gasteiger partial charge in [-0.3, -0.25) is 4.79 Å². The summed E-state index contributed by atoms with van der Waals surface area (Å²) >= 11 is 0. The van der Waals surface area contributed by atoms with Crippen molar-refractivity contribution in [3.8, 4) is 5.75 Å². The quantitative estimate of drug-likeness (QED) is 0.688. The van der Waals surface area contributed by atoms with Crippen molar-refractivity contribution < 1.29 is 14.6 Å². The second-order valence-corrected chi connectivity index (χ2v) is 5.21. The summed E-state index contributed by atoms with van der Waals surface area (Å²) < 4.78 is 6.00. The second kappa shape index (κ2) is 9.40. The highest BCUT2D eigenvalue weighted by atomic mass is 16.5. The smallest absolute Gasteiger partial charge is 0.303 e. The fourth-order valence-corrected chi connectivity index (χ4v) is 2.28. The lowest BCUT2D eigenvalue weighted by Crippen LogP contribution is -2.15. The molecule has 0 atom stereocenters. The van der Waals surface area contributed by atoms with E-state index in [1.807, 2.05) is 24.3 Å². The Labute approximate surface area is 122 Å². The summed E-state index contributed by atoms with van der Waals surface area (Å²) in [5.74, 6) is 0.186. The molecule has 0 aliphatic carbocycles. The Balaban J connectivity index is 2.46. The molecule has 1 aromatic carbocycles. The van der Waals surface area contributed by atoms with Crippen LogP contribution in [0.2, 0.25) is 0 Å². The Morgan fingerprint density at radius 1 is 1.15 bits per heavy atom. The molecule has 0 amide bonds. The summed E-state index contributed by atoms with van der Waals surface area (Å²) in [4.78, 5) is 10.5. The van der Waals surface area contributed by atoms with Crippen LogP contribution in [-0.4, -0.2) is 17.2 Å². The number of benzene rings is 1. The fraction of sp³-hybridized carbons (Fsp3) is 0.588. The topological polar surface area (TPSA) is 46.5 Å². The number of hydrogen-bond donors (Lipinski definition) is 1. The SMILES string of the molecule is CCCC(CCC)Oc1ccc(CCCC(=O)O)cc1. The van der Waals surface area contributed by atoms with Gasteiger partial charge in [-0.25, -0.2) is 0 Å². The van der Waals surface area contributed by atoms with E-state index in [2.05, 4.69) is 13.8 Å².